The zero-order valence-corrected chi connectivity index (χ0v) is 6.73. The summed E-state index contributed by atoms with van der Waals surface area (Å²) in [5, 5.41) is 0. The third-order valence-corrected chi connectivity index (χ3v) is 2.18. The Kier molecular flexibility index (Phi) is 2.59. The molecular weight excluding hydrogens is 167 g/mol. The fraction of sp³-hybridized carbons (Fsp3) is 0.143. The van der Waals surface area contributed by atoms with Crippen LogP contribution in [0.4, 0.5) is 4.53 Å². The molecule has 0 aliphatic rings. The van der Waals surface area contributed by atoms with E-state index in [0.717, 1.165) is 0 Å². The van der Waals surface area contributed by atoms with Gasteiger partial charge in [0.2, 0.25) is 0 Å². The van der Waals surface area contributed by atoms with Crippen LogP contribution in [0.15, 0.2) is 29.2 Å². The van der Waals surface area contributed by atoms with Crippen LogP contribution in [0, 0.1) is 0 Å². The van der Waals surface area contributed by atoms with Gasteiger partial charge in [-0.2, -0.15) is 0 Å². The van der Waals surface area contributed by atoms with Crippen LogP contribution in [0.1, 0.15) is 0 Å². The highest BCUT2D eigenvalue weighted by atomic mass is 32.2. The van der Waals surface area contributed by atoms with E-state index in [1.165, 1.54) is 12.1 Å². The van der Waals surface area contributed by atoms with E-state index in [9.17, 15) is 8.74 Å². The Morgan fingerprint density at radius 2 is 1.91 bits per heavy atom. The number of rotatable bonds is 2. The van der Waals surface area contributed by atoms with Crippen LogP contribution in [-0.4, -0.2) is 10.5 Å². The van der Waals surface area contributed by atoms with Gasteiger partial charge in [0.25, 0.3) is 0 Å². The second-order valence-electron chi connectivity index (χ2n) is 2.00. The smallest absolute Gasteiger partial charge is 0.171 e. The van der Waals surface area contributed by atoms with Crippen molar-refractivity contribution in [2.75, 3.05) is 6.26 Å². The summed E-state index contributed by atoms with van der Waals surface area (Å²) >= 11 is 0. The minimum atomic E-state index is -1.02. The molecule has 0 bridgehead atoms. The fourth-order valence-corrected chi connectivity index (χ4v) is 1.20. The van der Waals surface area contributed by atoms with Crippen molar-refractivity contribution in [3.63, 3.8) is 0 Å². The molecule has 1 aromatic rings. The summed E-state index contributed by atoms with van der Waals surface area (Å²) in [6.45, 7) is 0. The second-order valence-corrected chi connectivity index (χ2v) is 3.38. The first-order valence-corrected chi connectivity index (χ1v) is 4.52. The molecule has 0 saturated heterocycles. The molecule has 1 atom stereocenters. The summed E-state index contributed by atoms with van der Waals surface area (Å²) in [6, 6.07) is 5.98. The fourth-order valence-electron chi connectivity index (χ4n) is 0.683. The third kappa shape index (κ3) is 2.01. The molecule has 1 aromatic carbocycles. The summed E-state index contributed by atoms with van der Waals surface area (Å²) < 4.78 is 22.3. The Morgan fingerprint density at radius 1 is 1.36 bits per heavy atom. The van der Waals surface area contributed by atoms with Crippen LogP contribution >= 0.6 is 0 Å². The summed E-state index contributed by atoms with van der Waals surface area (Å²) in [5.41, 5.74) is 0. The molecule has 0 saturated carbocycles. The molecule has 0 radical (unpaired) electrons. The Hall–Kier alpha value is -0.900. The maximum atomic E-state index is 11.5. The van der Waals surface area contributed by atoms with Gasteiger partial charge in [0, 0.05) is 26.5 Å². The highest BCUT2D eigenvalue weighted by Crippen LogP contribution is 2.13. The van der Waals surface area contributed by atoms with Gasteiger partial charge in [0.15, 0.2) is 5.75 Å². The summed E-state index contributed by atoms with van der Waals surface area (Å²) in [5.74, 6) is 0.124. The molecule has 0 heterocycles. The van der Waals surface area contributed by atoms with Gasteiger partial charge < -0.3 is 0 Å². The van der Waals surface area contributed by atoms with E-state index in [1.54, 1.807) is 18.4 Å². The Morgan fingerprint density at radius 3 is 2.27 bits per heavy atom. The first-order chi connectivity index (χ1) is 5.24. The molecule has 0 aliphatic carbocycles. The SMILES string of the molecule is CS(=O)c1ccc(OF)cc1. The molecule has 1 rings (SSSR count). The minimum absolute atomic E-state index is 0.124. The molecule has 0 N–H and O–H groups in total. The molecule has 1 unspecified atom stereocenters. The maximum Gasteiger partial charge on any atom is 0.171 e. The van der Waals surface area contributed by atoms with Crippen molar-refractivity contribution in [2.45, 2.75) is 4.90 Å². The zero-order valence-electron chi connectivity index (χ0n) is 5.91. The van der Waals surface area contributed by atoms with Crippen molar-refractivity contribution in [2.24, 2.45) is 0 Å². The summed E-state index contributed by atoms with van der Waals surface area (Å²) in [6.07, 6.45) is 1.56. The van der Waals surface area contributed by atoms with Gasteiger partial charge in [0.1, 0.15) is 0 Å². The maximum absolute atomic E-state index is 11.5. The van der Waals surface area contributed by atoms with Gasteiger partial charge in [-0.1, -0.05) is 0 Å². The number of benzene rings is 1. The largest absolute Gasteiger partial charge is 0.294 e. The molecule has 60 valence electrons. The molecule has 0 amide bonds. The molecule has 0 fully saturated rings. The van der Waals surface area contributed by atoms with Crippen LogP contribution in [0.3, 0.4) is 0 Å². The predicted octanol–water partition coefficient (Wildman–Crippen LogP) is 1.69. The van der Waals surface area contributed by atoms with E-state index >= 15 is 0 Å². The Labute approximate surface area is 66.4 Å². The van der Waals surface area contributed by atoms with E-state index in [1.807, 2.05) is 0 Å². The van der Waals surface area contributed by atoms with Gasteiger partial charge >= 0.3 is 0 Å². The standard InChI is InChI=1S/C7H7FO2S/c1-11(9)7-4-2-6(10-8)3-5-7/h2-5H,1H3. The summed E-state index contributed by atoms with van der Waals surface area (Å²) in [7, 11) is -1.02. The minimum Gasteiger partial charge on any atom is -0.294 e. The van der Waals surface area contributed by atoms with Crippen molar-refractivity contribution >= 4 is 10.8 Å². The monoisotopic (exact) mass is 174 g/mol. The highest BCUT2D eigenvalue weighted by Gasteiger charge is 1.97. The van der Waals surface area contributed by atoms with Gasteiger partial charge in [-0.15, -0.1) is 0 Å². The van der Waals surface area contributed by atoms with Crippen LogP contribution in [-0.2, 0) is 10.8 Å². The molecule has 4 heteroatoms. The molecule has 11 heavy (non-hydrogen) atoms. The topological polar surface area (TPSA) is 26.3 Å². The first kappa shape index (κ1) is 8.20. The lowest BCUT2D eigenvalue weighted by Gasteiger charge is -1.95. The van der Waals surface area contributed by atoms with E-state index in [0.29, 0.717) is 4.90 Å². The quantitative estimate of drug-likeness (QED) is 0.682. The van der Waals surface area contributed by atoms with E-state index in [-0.39, 0.29) is 5.75 Å². The normalized spacial score (nSPS) is 12.5. The molecule has 0 spiro atoms. The Balaban J connectivity index is 2.91. The number of halogens is 1. The summed E-state index contributed by atoms with van der Waals surface area (Å²) in [4.78, 5) is 4.11. The zero-order chi connectivity index (χ0) is 8.27. The number of hydrogen-bond acceptors (Lipinski definition) is 2. The second kappa shape index (κ2) is 3.48. The molecular formula is C7H7FO2S. The van der Waals surface area contributed by atoms with E-state index < -0.39 is 10.8 Å². The average Bonchev–Trinajstić information content (AvgIpc) is 2.05. The third-order valence-electron chi connectivity index (χ3n) is 1.24. The van der Waals surface area contributed by atoms with Gasteiger partial charge in [-0.25, -0.2) is 0 Å². The van der Waals surface area contributed by atoms with Gasteiger partial charge in [0.05, 0.1) is 0 Å². The van der Waals surface area contributed by atoms with E-state index in [2.05, 4.69) is 4.94 Å². The lowest BCUT2D eigenvalue weighted by atomic mass is 10.3. The van der Waals surface area contributed by atoms with Crippen LogP contribution in [0.2, 0.25) is 0 Å². The highest BCUT2D eigenvalue weighted by molar-refractivity contribution is 7.84. The molecule has 2 nitrogen and oxygen atoms in total. The molecule has 0 aliphatic heterocycles. The van der Waals surface area contributed by atoms with Crippen LogP contribution in [0.5, 0.6) is 5.75 Å². The van der Waals surface area contributed by atoms with Crippen molar-refractivity contribution < 1.29 is 13.7 Å². The average molecular weight is 174 g/mol. The van der Waals surface area contributed by atoms with Crippen molar-refractivity contribution in [1.29, 1.82) is 0 Å². The van der Waals surface area contributed by atoms with Gasteiger partial charge in [-0.3, -0.25) is 9.15 Å². The van der Waals surface area contributed by atoms with E-state index in [4.69, 9.17) is 0 Å². The van der Waals surface area contributed by atoms with Crippen molar-refractivity contribution in [3.05, 3.63) is 24.3 Å². The van der Waals surface area contributed by atoms with Crippen LogP contribution < -0.4 is 4.94 Å². The Bertz CT molecular complexity index is 258. The molecule has 0 aromatic heterocycles. The lowest BCUT2D eigenvalue weighted by Crippen LogP contribution is -1.86. The predicted molar refractivity (Wildman–Crippen MR) is 40.5 cm³/mol. The first-order valence-electron chi connectivity index (χ1n) is 2.96. The number of hydrogen-bond donors (Lipinski definition) is 0. The van der Waals surface area contributed by atoms with Crippen molar-refractivity contribution in [3.8, 4) is 5.75 Å². The van der Waals surface area contributed by atoms with Crippen molar-refractivity contribution in [1.82, 2.24) is 0 Å². The van der Waals surface area contributed by atoms with Gasteiger partial charge in [-0.05, 0) is 24.3 Å². The van der Waals surface area contributed by atoms with Crippen LogP contribution in [0.25, 0.3) is 0 Å². The lowest BCUT2D eigenvalue weighted by molar-refractivity contribution is -0.00626.